The van der Waals surface area contributed by atoms with E-state index in [0.717, 1.165) is 22.1 Å². The van der Waals surface area contributed by atoms with Crippen LogP contribution in [0.15, 0.2) is 71.9 Å². The van der Waals surface area contributed by atoms with Crippen molar-refractivity contribution in [2.24, 2.45) is 5.14 Å². The van der Waals surface area contributed by atoms with Crippen LogP contribution in [-0.2, 0) is 26.2 Å². The minimum Gasteiger partial charge on any atom is -0.387 e. The van der Waals surface area contributed by atoms with E-state index in [9.17, 15) is 27.5 Å². The minimum absolute atomic E-state index is 0.0191. The van der Waals surface area contributed by atoms with Crippen LogP contribution in [0.3, 0.4) is 0 Å². The number of fused-ring (bicyclic) bond motifs is 1. The summed E-state index contributed by atoms with van der Waals surface area (Å²) in [6.07, 6.45) is 0.536. The van der Waals surface area contributed by atoms with Crippen LogP contribution < -0.4 is 10.5 Å². The average molecular weight is 710 g/mol. The Bertz CT molecular complexity index is 2210. The number of aliphatic hydroxyl groups excluding tert-OH is 1. The van der Waals surface area contributed by atoms with Crippen LogP contribution in [0.5, 0.6) is 0 Å². The van der Waals surface area contributed by atoms with Crippen LogP contribution in [0.25, 0.3) is 33.2 Å². The van der Waals surface area contributed by atoms with E-state index in [1.807, 2.05) is 6.07 Å². The highest BCUT2D eigenvalue weighted by atomic mass is 35.5. The topological polar surface area (TPSA) is 173 Å². The van der Waals surface area contributed by atoms with Crippen LogP contribution in [-0.4, -0.2) is 68.7 Å². The standard InChI is InChI=1S/C33H30ClF2N7O5S/c1-17(44)32-25-10-19(20-13-38-18(2)39-14-20)6-9-28(25)43(41-32)16-30(45)42-15-21(35)11-29(42)33(46)40-27-5-3-4-23(31(27)36)24-12-22(49(37,47)48)7-8-26(24)34/h3-10,12-14,17,21,29,44H,11,15-16H2,1-2H3,(H,40,46)(H2,37,47,48)/t17?,21-,29+/m1/s1. The van der Waals surface area contributed by atoms with Crippen molar-refractivity contribution in [2.45, 2.75) is 50.0 Å². The number of carbonyl (C=O) groups excluding carboxylic acids is 2. The Morgan fingerprint density at radius 1 is 1.10 bits per heavy atom. The number of nitrogens with zero attached hydrogens (tertiary/aromatic N) is 5. The fraction of sp³-hybridized carbons (Fsp3) is 0.242. The second-order valence-electron chi connectivity index (χ2n) is 11.7. The number of nitrogens with one attached hydrogen (secondary N) is 1. The van der Waals surface area contributed by atoms with Crippen molar-refractivity contribution in [2.75, 3.05) is 11.9 Å². The van der Waals surface area contributed by atoms with Crippen molar-refractivity contribution in [3.63, 3.8) is 0 Å². The van der Waals surface area contributed by atoms with Crippen LogP contribution >= 0.6 is 11.6 Å². The summed E-state index contributed by atoms with van der Waals surface area (Å²) in [7, 11) is -4.12. The Balaban J connectivity index is 1.25. The van der Waals surface area contributed by atoms with Crippen molar-refractivity contribution in [1.82, 2.24) is 24.6 Å². The Kier molecular flexibility index (Phi) is 9.19. The monoisotopic (exact) mass is 709 g/mol. The summed E-state index contributed by atoms with van der Waals surface area (Å²) in [4.78, 5) is 36.3. The molecule has 0 spiro atoms. The molecule has 0 saturated carbocycles. The zero-order valence-corrected chi connectivity index (χ0v) is 27.7. The highest BCUT2D eigenvalue weighted by molar-refractivity contribution is 7.89. The van der Waals surface area contributed by atoms with E-state index in [-0.39, 0.29) is 46.2 Å². The molecule has 2 aromatic heterocycles. The van der Waals surface area contributed by atoms with Gasteiger partial charge in [0.15, 0.2) is 5.82 Å². The van der Waals surface area contributed by atoms with E-state index in [2.05, 4.69) is 20.4 Å². The molecule has 1 unspecified atom stereocenters. The molecule has 254 valence electrons. The first-order chi connectivity index (χ1) is 23.2. The molecule has 1 aliphatic heterocycles. The second kappa shape index (κ2) is 13.2. The number of alkyl halides is 1. The molecule has 0 radical (unpaired) electrons. The number of hydrogen-bond donors (Lipinski definition) is 3. The van der Waals surface area contributed by atoms with Gasteiger partial charge >= 0.3 is 0 Å². The average Bonchev–Trinajstić information content (AvgIpc) is 3.62. The number of likely N-dealkylation sites (tertiary alicyclic amines) is 1. The molecule has 3 aromatic carbocycles. The van der Waals surface area contributed by atoms with Gasteiger partial charge in [0.1, 0.15) is 24.6 Å². The van der Waals surface area contributed by atoms with Crippen LogP contribution in [0, 0.1) is 12.7 Å². The summed E-state index contributed by atoms with van der Waals surface area (Å²) in [6, 6.07) is 11.7. The van der Waals surface area contributed by atoms with Crippen LogP contribution in [0.4, 0.5) is 14.5 Å². The van der Waals surface area contributed by atoms with Gasteiger partial charge in [-0.2, -0.15) is 5.10 Å². The lowest BCUT2D eigenvalue weighted by Gasteiger charge is -2.24. The van der Waals surface area contributed by atoms with Crippen LogP contribution in [0.2, 0.25) is 5.02 Å². The number of anilines is 1. The van der Waals surface area contributed by atoms with Gasteiger partial charge in [0.2, 0.25) is 21.8 Å². The van der Waals surface area contributed by atoms with Crippen molar-refractivity contribution < 1.29 is 31.9 Å². The van der Waals surface area contributed by atoms with E-state index in [1.165, 1.54) is 35.0 Å². The first-order valence-corrected chi connectivity index (χ1v) is 17.0. The number of aromatic nitrogens is 4. The molecule has 1 aliphatic rings. The van der Waals surface area contributed by atoms with E-state index >= 15 is 4.39 Å². The highest BCUT2D eigenvalue weighted by Crippen LogP contribution is 2.35. The summed E-state index contributed by atoms with van der Waals surface area (Å²) in [5.74, 6) is -1.75. The van der Waals surface area contributed by atoms with Gasteiger partial charge in [0.05, 0.1) is 34.4 Å². The fourth-order valence-corrected chi connectivity index (χ4v) is 6.58. The first kappa shape index (κ1) is 34.0. The number of hydrogen-bond acceptors (Lipinski definition) is 8. The minimum atomic E-state index is -4.12. The van der Waals surface area contributed by atoms with Crippen LogP contribution in [0.1, 0.15) is 31.0 Å². The van der Waals surface area contributed by atoms with Crippen molar-refractivity contribution >= 4 is 50.0 Å². The Morgan fingerprint density at radius 3 is 2.53 bits per heavy atom. The molecular weight excluding hydrogens is 680 g/mol. The van der Waals surface area contributed by atoms with E-state index in [0.29, 0.717) is 22.4 Å². The van der Waals surface area contributed by atoms with E-state index in [1.54, 1.807) is 38.4 Å². The Labute approximate surface area is 284 Å². The predicted octanol–water partition coefficient (Wildman–Crippen LogP) is 4.54. The number of halogens is 3. The van der Waals surface area contributed by atoms with Crippen molar-refractivity contribution in [3.8, 4) is 22.3 Å². The smallest absolute Gasteiger partial charge is 0.247 e. The summed E-state index contributed by atoms with van der Waals surface area (Å²) in [6.45, 7) is 2.58. The van der Waals surface area contributed by atoms with Gasteiger partial charge in [-0.05, 0) is 55.8 Å². The highest BCUT2D eigenvalue weighted by Gasteiger charge is 2.40. The van der Waals surface area contributed by atoms with E-state index in [4.69, 9.17) is 16.7 Å². The van der Waals surface area contributed by atoms with Gasteiger partial charge in [0, 0.05) is 45.9 Å². The maximum Gasteiger partial charge on any atom is 0.247 e. The molecule has 12 nitrogen and oxygen atoms in total. The second-order valence-corrected chi connectivity index (χ2v) is 13.7. The Morgan fingerprint density at radius 2 is 1.84 bits per heavy atom. The molecule has 5 aromatic rings. The maximum atomic E-state index is 15.8. The number of carbonyl (C=O) groups is 2. The van der Waals surface area contributed by atoms with Gasteiger partial charge < -0.3 is 15.3 Å². The molecular formula is C33H30ClF2N7O5S. The molecule has 0 bridgehead atoms. The summed E-state index contributed by atoms with van der Waals surface area (Å²) >= 11 is 6.25. The SMILES string of the molecule is Cc1ncc(-c2ccc3c(c2)c(C(C)O)nn3CC(=O)N2C[C@H](F)C[C@H]2C(=O)Nc2cccc(-c3cc(S(N)(=O)=O)ccc3Cl)c2F)cn1. The third-order valence-electron chi connectivity index (χ3n) is 8.26. The number of benzene rings is 3. The lowest BCUT2D eigenvalue weighted by molar-refractivity contribution is -0.137. The third kappa shape index (κ3) is 6.87. The van der Waals surface area contributed by atoms with Crippen molar-refractivity contribution in [1.29, 1.82) is 0 Å². The quantitative estimate of drug-likeness (QED) is 0.211. The summed E-state index contributed by atoms with van der Waals surface area (Å²) < 4.78 is 55.7. The number of nitrogens with two attached hydrogens (primary N) is 1. The lowest BCUT2D eigenvalue weighted by atomic mass is 10.0. The molecule has 1 fully saturated rings. The molecule has 1 saturated heterocycles. The molecule has 2 amide bonds. The number of aliphatic hydroxyl groups is 1. The third-order valence-corrected chi connectivity index (χ3v) is 9.50. The summed E-state index contributed by atoms with van der Waals surface area (Å²) in [5, 5.41) is 23.2. The number of rotatable bonds is 8. The van der Waals surface area contributed by atoms with Crippen molar-refractivity contribution in [3.05, 3.63) is 89.3 Å². The van der Waals surface area contributed by atoms with Gasteiger partial charge in [0.25, 0.3) is 0 Å². The predicted molar refractivity (Wildman–Crippen MR) is 178 cm³/mol. The van der Waals surface area contributed by atoms with E-state index < -0.39 is 46.0 Å². The summed E-state index contributed by atoms with van der Waals surface area (Å²) in [5.41, 5.74) is 1.98. The zero-order chi connectivity index (χ0) is 35.2. The molecule has 49 heavy (non-hydrogen) atoms. The number of sulfonamides is 1. The molecule has 3 atom stereocenters. The lowest BCUT2D eigenvalue weighted by Crippen LogP contribution is -2.44. The molecule has 4 N–H and O–H groups in total. The number of primary sulfonamides is 1. The molecule has 0 aliphatic carbocycles. The fourth-order valence-electron chi connectivity index (χ4n) is 5.82. The van der Waals surface area contributed by atoms with Gasteiger partial charge in [-0.3, -0.25) is 14.3 Å². The largest absolute Gasteiger partial charge is 0.387 e. The zero-order valence-electron chi connectivity index (χ0n) is 26.1. The van der Waals surface area contributed by atoms with Gasteiger partial charge in [-0.15, -0.1) is 0 Å². The molecule has 6 rings (SSSR count). The molecule has 16 heteroatoms. The normalized spacial score (nSPS) is 17.0. The Hall–Kier alpha value is -4.83. The van der Waals surface area contributed by atoms with Gasteiger partial charge in [-0.25, -0.2) is 32.3 Å². The van der Waals surface area contributed by atoms with Gasteiger partial charge in [-0.1, -0.05) is 29.8 Å². The number of amides is 2. The first-order valence-electron chi connectivity index (χ1n) is 15.0. The maximum absolute atomic E-state index is 15.8. The number of aryl methyl sites for hydroxylation is 1. The molecule has 3 heterocycles.